The van der Waals surface area contributed by atoms with Crippen molar-refractivity contribution in [1.82, 2.24) is 19.5 Å². The normalized spacial score (nSPS) is 10.7. The third-order valence-electron chi connectivity index (χ3n) is 3.29. The Morgan fingerprint density at radius 2 is 2.09 bits per heavy atom. The summed E-state index contributed by atoms with van der Waals surface area (Å²) in [5.74, 6) is 0.210. The van der Waals surface area contributed by atoms with Crippen LogP contribution in [0.4, 0.5) is 5.69 Å². The Kier molecular flexibility index (Phi) is 4.77. The predicted octanol–water partition coefficient (Wildman–Crippen LogP) is 2.68. The van der Waals surface area contributed by atoms with Gasteiger partial charge in [-0.25, -0.2) is 4.68 Å². The molecule has 0 aliphatic rings. The Morgan fingerprint density at radius 3 is 2.87 bits per heavy atom. The highest BCUT2D eigenvalue weighted by Gasteiger charge is 2.10. The van der Waals surface area contributed by atoms with Crippen LogP contribution in [0.5, 0.6) is 0 Å². The van der Waals surface area contributed by atoms with Gasteiger partial charge in [0.1, 0.15) is 6.33 Å². The largest absolute Gasteiger partial charge is 0.325 e. The van der Waals surface area contributed by atoms with Gasteiger partial charge >= 0.3 is 0 Å². The van der Waals surface area contributed by atoms with Crippen LogP contribution < -0.4 is 5.32 Å². The van der Waals surface area contributed by atoms with E-state index in [1.54, 1.807) is 11.0 Å². The zero-order chi connectivity index (χ0) is 16.1. The van der Waals surface area contributed by atoms with Gasteiger partial charge in [0.25, 0.3) is 0 Å². The molecule has 1 aromatic carbocycles. The summed E-state index contributed by atoms with van der Waals surface area (Å²) in [7, 11) is 0. The molecular formula is C16H17N5OS. The Bertz CT molecular complexity index is 781. The third kappa shape index (κ3) is 3.81. The molecule has 0 spiro atoms. The number of nitrogens with zero attached hydrogens (tertiary/aromatic N) is 4. The van der Waals surface area contributed by atoms with Crippen molar-refractivity contribution in [2.75, 3.05) is 11.1 Å². The SMILES string of the molecule is CCc1cccc(NC(=O)CSc2nncn2-n2cccc2)c1. The Balaban J connectivity index is 1.60. The van der Waals surface area contributed by atoms with Gasteiger partial charge in [-0.3, -0.25) is 9.47 Å². The van der Waals surface area contributed by atoms with E-state index in [4.69, 9.17) is 0 Å². The van der Waals surface area contributed by atoms with Gasteiger partial charge in [0.05, 0.1) is 5.75 Å². The third-order valence-corrected chi connectivity index (χ3v) is 4.22. The molecule has 6 nitrogen and oxygen atoms in total. The number of carbonyl (C=O) groups is 1. The molecule has 0 aliphatic heterocycles. The number of hydrogen-bond acceptors (Lipinski definition) is 4. The van der Waals surface area contributed by atoms with E-state index in [0.717, 1.165) is 12.1 Å². The van der Waals surface area contributed by atoms with Crippen LogP contribution in [0.25, 0.3) is 0 Å². The summed E-state index contributed by atoms with van der Waals surface area (Å²) < 4.78 is 3.64. The average molecular weight is 327 g/mol. The first-order valence-corrected chi connectivity index (χ1v) is 8.30. The molecule has 3 rings (SSSR count). The van der Waals surface area contributed by atoms with E-state index in [0.29, 0.717) is 5.16 Å². The summed E-state index contributed by atoms with van der Waals surface area (Å²) in [4.78, 5) is 12.1. The van der Waals surface area contributed by atoms with Gasteiger partial charge in [-0.15, -0.1) is 10.2 Å². The first kappa shape index (κ1) is 15.4. The molecule has 0 unspecified atom stereocenters. The van der Waals surface area contributed by atoms with Crippen LogP contribution in [0.3, 0.4) is 0 Å². The van der Waals surface area contributed by atoms with Crippen molar-refractivity contribution in [1.29, 1.82) is 0 Å². The number of carbonyl (C=O) groups excluding carboxylic acids is 1. The van der Waals surface area contributed by atoms with Crippen molar-refractivity contribution in [3.8, 4) is 0 Å². The first-order valence-electron chi connectivity index (χ1n) is 7.31. The van der Waals surface area contributed by atoms with E-state index in [1.165, 1.54) is 17.3 Å². The minimum absolute atomic E-state index is 0.0645. The van der Waals surface area contributed by atoms with E-state index in [2.05, 4.69) is 22.4 Å². The summed E-state index contributed by atoms with van der Waals surface area (Å²) >= 11 is 1.35. The molecule has 1 amide bonds. The van der Waals surface area contributed by atoms with Crippen molar-refractivity contribution in [3.63, 3.8) is 0 Å². The van der Waals surface area contributed by atoms with Crippen molar-refractivity contribution in [3.05, 3.63) is 60.7 Å². The number of aryl methyl sites for hydroxylation is 1. The quantitative estimate of drug-likeness (QED) is 0.707. The van der Waals surface area contributed by atoms with Crippen LogP contribution in [-0.2, 0) is 11.2 Å². The maximum Gasteiger partial charge on any atom is 0.234 e. The summed E-state index contributed by atoms with van der Waals surface area (Å²) in [6.45, 7) is 2.09. The highest BCUT2D eigenvalue weighted by molar-refractivity contribution is 7.99. The molecule has 0 bridgehead atoms. The zero-order valence-electron chi connectivity index (χ0n) is 12.7. The molecule has 0 fully saturated rings. The molecular weight excluding hydrogens is 310 g/mol. The summed E-state index contributed by atoms with van der Waals surface area (Å²) in [6.07, 6.45) is 6.34. The Labute approximate surface area is 138 Å². The van der Waals surface area contributed by atoms with Gasteiger partial charge in [0.2, 0.25) is 11.1 Å². The minimum atomic E-state index is -0.0645. The van der Waals surface area contributed by atoms with Crippen molar-refractivity contribution < 1.29 is 4.79 Å². The molecule has 0 atom stereocenters. The molecule has 3 aromatic rings. The van der Waals surface area contributed by atoms with E-state index < -0.39 is 0 Å². The maximum absolute atomic E-state index is 12.1. The molecule has 0 radical (unpaired) electrons. The highest BCUT2D eigenvalue weighted by atomic mass is 32.2. The van der Waals surface area contributed by atoms with Crippen LogP contribution in [0.1, 0.15) is 12.5 Å². The summed E-state index contributed by atoms with van der Waals surface area (Å²) in [6, 6.07) is 11.7. The van der Waals surface area contributed by atoms with E-state index in [-0.39, 0.29) is 11.7 Å². The molecule has 2 aromatic heterocycles. The fourth-order valence-corrected chi connectivity index (χ4v) is 2.85. The number of aromatic nitrogens is 4. The Morgan fingerprint density at radius 1 is 1.26 bits per heavy atom. The first-order chi connectivity index (χ1) is 11.3. The summed E-state index contributed by atoms with van der Waals surface area (Å²) in [5.41, 5.74) is 2.02. The van der Waals surface area contributed by atoms with Gasteiger partial charge in [0, 0.05) is 18.1 Å². The van der Waals surface area contributed by atoms with Gasteiger partial charge in [0.15, 0.2) is 0 Å². The van der Waals surface area contributed by atoms with Gasteiger partial charge in [-0.05, 0) is 36.2 Å². The molecule has 0 saturated heterocycles. The average Bonchev–Trinajstić information content (AvgIpc) is 3.24. The number of nitrogens with one attached hydrogen (secondary N) is 1. The fourth-order valence-electron chi connectivity index (χ4n) is 2.14. The minimum Gasteiger partial charge on any atom is -0.325 e. The van der Waals surface area contributed by atoms with Crippen molar-refractivity contribution in [2.45, 2.75) is 18.5 Å². The lowest BCUT2D eigenvalue weighted by Crippen LogP contribution is -2.15. The number of hydrogen-bond donors (Lipinski definition) is 1. The van der Waals surface area contributed by atoms with Crippen LogP contribution >= 0.6 is 11.8 Å². The highest BCUT2D eigenvalue weighted by Crippen LogP contribution is 2.16. The van der Waals surface area contributed by atoms with Crippen molar-refractivity contribution in [2.24, 2.45) is 0 Å². The van der Waals surface area contributed by atoms with Crippen LogP contribution in [0.2, 0.25) is 0 Å². The number of rotatable bonds is 6. The van der Waals surface area contributed by atoms with Crippen LogP contribution in [-0.4, -0.2) is 31.2 Å². The standard InChI is InChI=1S/C16H17N5OS/c1-2-13-6-5-7-14(10-13)18-15(22)11-23-16-19-17-12-21(16)20-8-3-4-9-20/h3-10,12H,2,11H2,1H3,(H,18,22). The molecule has 118 valence electrons. The number of benzene rings is 1. The van der Waals surface area contributed by atoms with Gasteiger partial charge in [-0.2, -0.15) is 0 Å². The van der Waals surface area contributed by atoms with E-state index in [9.17, 15) is 4.79 Å². The zero-order valence-corrected chi connectivity index (χ0v) is 13.5. The lowest BCUT2D eigenvalue weighted by molar-refractivity contribution is -0.113. The number of thioether (sulfide) groups is 1. The number of anilines is 1. The monoisotopic (exact) mass is 327 g/mol. The number of amides is 1. The van der Waals surface area contributed by atoms with E-state index >= 15 is 0 Å². The summed E-state index contributed by atoms with van der Waals surface area (Å²) in [5, 5.41) is 11.5. The second-order valence-corrected chi connectivity index (χ2v) is 5.85. The second-order valence-electron chi connectivity index (χ2n) is 4.91. The van der Waals surface area contributed by atoms with Gasteiger partial charge < -0.3 is 5.32 Å². The lowest BCUT2D eigenvalue weighted by atomic mass is 10.1. The topological polar surface area (TPSA) is 64.7 Å². The molecule has 0 aliphatic carbocycles. The molecule has 23 heavy (non-hydrogen) atoms. The molecule has 7 heteroatoms. The van der Waals surface area contributed by atoms with Crippen LogP contribution in [0, 0.1) is 0 Å². The van der Waals surface area contributed by atoms with Gasteiger partial charge in [-0.1, -0.05) is 30.8 Å². The predicted molar refractivity (Wildman–Crippen MR) is 90.4 cm³/mol. The lowest BCUT2D eigenvalue weighted by Gasteiger charge is -2.08. The van der Waals surface area contributed by atoms with E-state index in [1.807, 2.05) is 53.5 Å². The Hall–Kier alpha value is -2.54. The smallest absolute Gasteiger partial charge is 0.234 e. The van der Waals surface area contributed by atoms with Crippen LogP contribution in [0.15, 0.2) is 60.3 Å². The molecule has 2 heterocycles. The maximum atomic E-state index is 12.1. The van der Waals surface area contributed by atoms with Crippen molar-refractivity contribution >= 4 is 23.4 Å². The molecule has 1 N–H and O–H groups in total. The second kappa shape index (κ2) is 7.15. The molecule has 0 saturated carbocycles. The fraction of sp³-hybridized carbons (Fsp3) is 0.188.